The smallest absolute Gasteiger partial charge is 0.331 e. The standard InChI is InChI=1S/C35H50O15/c1-15-7-24(49-30-29(42)28(41)27(40)23(12-36)47-30)35(44)31(46-15)48-22-11-33(14-37)17(9-21(22)50-35)3-4-19-18(33)5-6-32(2)26(16-8-25(39)45-13-16)20(38)10-34(19,32)43/h8,14-15,17-24,26-31,36,38,40-44H,3-7,9-13H2,1-2H3/t15-,17+,18+,19-,20-,21-,22-,23-,24+,26+,27-,28+,29-,30+,31+,32-,33-,34+,35+/m1/s1. The number of rotatable bonds is 5. The SMILES string of the molecule is C[C@@H]1C[C@H](O[C@@H]2O[C@H](CO)[C@@H](O)[C@H](O)[C@H]2O)[C@]2(O)O[C@@H]3C[C@@H]4CC[C@@H]5[C@H](CC[C@]6(C)[C@@H](C7=CC(=O)OC7)[C@H](O)C[C@]56O)[C@@]4(C=O)C[C@H]3O[C@@H]2O1. The molecule has 0 radical (unpaired) electrons. The predicted octanol–water partition coefficient (Wildman–Crippen LogP) is -1.20. The van der Waals surface area contributed by atoms with Crippen LogP contribution in [0.25, 0.3) is 0 Å². The minimum absolute atomic E-state index is 0.101. The first kappa shape index (κ1) is 35.4. The maximum absolute atomic E-state index is 13.4. The third-order valence-electron chi connectivity index (χ3n) is 14.2. The lowest BCUT2D eigenvalue weighted by molar-refractivity contribution is -0.471. The van der Waals surface area contributed by atoms with Crippen molar-refractivity contribution < 1.29 is 73.8 Å². The van der Waals surface area contributed by atoms with E-state index in [1.165, 1.54) is 6.08 Å². The Bertz CT molecular complexity index is 1390. The Labute approximate surface area is 289 Å². The van der Waals surface area contributed by atoms with Gasteiger partial charge in [0, 0.05) is 35.7 Å². The van der Waals surface area contributed by atoms with Crippen molar-refractivity contribution in [3.63, 3.8) is 0 Å². The van der Waals surface area contributed by atoms with Gasteiger partial charge in [-0.1, -0.05) is 6.92 Å². The Kier molecular flexibility index (Phi) is 8.66. The lowest BCUT2D eigenvalue weighted by Gasteiger charge is -2.64. The van der Waals surface area contributed by atoms with Gasteiger partial charge in [-0.15, -0.1) is 0 Å². The van der Waals surface area contributed by atoms with Gasteiger partial charge in [-0.3, -0.25) is 0 Å². The van der Waals surface area contributed by atoms with Gasteiger partial charge in [0.15, 0.2) is 6.29 Å². The zero-order chi connectivity index (χ0) is 35.5. The molecular weight excluding hydrogens is 660 g/mol. The predicted molar refractivity (Wildman–Crippen MR) is 165 cm³/mol. The van der Waals surface area contributed by atoms with Crippen molar-refractivity contribution in [1.82, 2.24) is 0 Å². The number of carbonyl (C=O) groups excluding carboxylic acids is 2. The van der Waals surface area contributed by atoms with E-state index in [-0.39, 0.29) is 43.6 Å². The molecule has 7 fully saturated rings. The summed E-state index contributed by atoms with van der Waals surface area (Å²) in [5.41, 5.74) is -2.15. The topological polar surface area (TPSA) is 231 Å². The number of fused-ring (bicyclic) bond motifs is 7. The highest BCUT2D eigenvalue weighted by molar-refractivity contribution is 5.85. The van der Waals surface area contributed by atoms with E-state index in [4.69, 9.17) is 28.4 Å². The molecule has 0 unspecified atom stereocenters. The molecule has 0 spiro atoms. The maximum atomic E-state index is 13.4. The van der Waals surface area contributed by atoms with Crippen molar-refractivity contribution in [1.29, 1.82) is 0 Å². The van der Waals surface area contributed by atoms with Gasteiger partial charge >= 0.3 is 5.97 Å². The zero-order valence-corrected chi connectivity index (χ0v) is 28.3. The van der Waals surface area contributed by atoms with Gasteiger partial charge < -0.3 is 69.0 Å². The molecule has 8 aliphatic rings. The van der Waals surface area contributed by atoms with Crippen molar-refractivity contribution in [2.24, 2.45) is 34.5 Å². The van der Waals surface area contributed by atoms with Gasteiger partial charge in [-0.2, -0.15) is 0 Å². The zero-order valence-electron chi connectivity index (χ0n) is 28.3. The van der Waals surface area contributed by atoms with Gasteiger partial charge in [-0.05, 0) is 68.8 Å². The first-order valence-corrected chi connectivity index (χ1v) is 18.1. The Morgan fingerprint density at radius 3 is 2.44 bits per heavy atom. The molecule has 15 nitrogen and oxygen atoms in total. The fraction of sp³-hybridized carbons (Fsp3) is 0.886. The molecule has 3 saturated heterocycles. The van der Waals surface area contributed by atoms with Gasteiger partial charge in [-0.25, -0.2) is 4.79 Å². The monoisotopic (exact) mass is 710 g/mol. The molecule has 4 saturated carbocycles. The Morgan fingerprint density at radius 1 is 0.960 bits per heavy atom. The number of hydrogen-bond donors (Lipinski definition) is 7. The van der Waals surface area contributed by atoms with E-state index in [0.29, 0.717) is 37.7 Å². The second-order valence-corrected chi connectivity index (χ2v) is 16.5. The summed E-state index contributed by atoms with van der Waals surface area (Å²) in [6.45, 7) is 3.21. The number of aldehydes is 1. The van der Waals surface area contributed by atoms with Gasteiger partial charge in [0.25, 0.3) is 0 Å². The Balaban J connectivity index is 1.03. The second kappa shape index (κ2) is 12.2. The molecule has 4 aliphatic heterocycles. The van der Waals surface area contributed by atoms with Crippen molar-refractivity contribution in [2.75, 3.05) is 13.2 Å². The fourth-order valence-electron chi connectivity index (χ4n) is 11.8. The number of hydrogen-bond acceptors (Lipinski definition) is 15. The van der Waals surface area contributed by atoms with Crippen LogP contribution in [0.5, 0.6) is 0 Å². The summed E-state index contributed by atoms with van der Waals surface area (Å²) >= 11 is 0. The van der Waals surface area contributed by atoms with Crippen LogP contribution in [0.1, 0.15) is 65.2 Å². The highest BCUT2D eigenvalue weighted by Crippen LogP contribution is 2.70. The van der Waals surface area contributed by atoms with Gasteiger partial charge in [0.2, 0.25) is 12.1 Å². The fourth-order valence-corrected chi connectivity index (χ4v) is 11.8. The molecule has 0 aromatic heterocycles. The summed E-state index contributed by atoms with van der Waals surface area (Å²) in [6.07, 6.45) is -6.98. The largest absolute Gasteiger partial charge is 0.458 e. The van der Waals surface area contributed by atoms with Crippen molar-refractivity contribution in [3.05, 3.63) is 11.6 Å². The third-order valence-corrected chi connectivity index (χ3v) is 14.2. The van der Waals surface area contributed by atoms with E-state index in [1.54, 1.807) is 6.92 Å². The van der Waals surface area contributed by atoms with Crippen LogP contribution in [-0.4, -0.2) is 140 Å². The molecule has 19 atom stereocenters. The van der Waals surface area contributed by atoms with Crippen LogP contribution in [0.2, 0.25) is 0 Å². The van der Waals surface area contributed by atoms with E-state index in [0.717, 1.165) is 6.29 Å². The molecule has 0 aromatic carbocycles. The number of cyclic esters (lactones) is 1. The molecule has 0 aromatic rings. The number of aliphatic hydroxyl groups is 7. The number of ether oxygens (including phenoxy) is 6. The minimum Gasteiger partial charge on any atom is -0.458 e. The van der Waals surface area contributed by atoms with Crippen molar-refractivity contribution >= 4 is 12.3 Å². The van der Waals surface area contributed by atoms with Gasteiger partial charge in [0.05, 0.1) is 36.6 Å². The molecule has 4 aliphatic carbocycles. The van der Waals surface area contributed by atoms with Crippen LogP contribution >= 0.6 is 0 Å². The molecule has 8 rings (SSSR count). The third kappa shape index (κ3) is 4.92. The minimum atomic E-state index is -2.15. The van der Waals surface area contributed by atoms with Crippen LogP contribution in [-0.2, 0) is 38.0 Å². The Hall–Kier alpha value is -1.60. The van der Waals surface area contributed by atoms with E-state index in [1.807, 2.05) is 6.92 Å². The van der Waals surface area contributed by atoms with Crippen molar-refractivity contribution in [3.8, 4) is 0 Å². The van der Waals surface area contributed by atoms with Crippen molar-refractivity contribution in [2.45, 2.75) is 144 Å². The Morgan fingerprint density at radius 2 is 1.74 bits per heavy atom. The highest BCUT2D eigenvalue weighted by Gasteiger charge is 2.72. The summed E-state index contributed by atoms with van der Waals surface area (Å²) in [5.74, 6) is -3.64. The van der Waals surface area contributed by atoms with Crippen LogP contribution < -0.4 is 0 Å². The molecule has 7 N–H and O–H groups in total. The summed E-state index contributed by atoms with van der Waals surface area (Å²) in [7, 11) is 0. The molecular formula is C35H50O15. The average Bonchev–Trinajstić information content (AvgIpc) is 3.59. The molecule has 50 heavy (non-hydrogen) atoms. The van der Waals surface area contributed by atoms with E-state index >= 15 is 0 Å². The quantitative estimate of drug-likeness (QED) is 0.101. The first-order valence-electron chi connectivity index (χ1n) is 18.1. The maximum Gasteiger partial charge on any atom is 0.331 e. The normalized spacial score (nSPS) is 57.3. The first-order chi connectivity index (χ1) is 23.7. The van der Waals surface area contributed by atoms with E-state index < -0.39 is 108 Å². The lowest BCUT2D eigenvalue weighted by atomic mass is 9.42. The van der Waals surface area contributed by atoms with E-state index in [2.05, 4.69) is 0 Å². The summed E-state index contributed by atoms with van der Waals surface area (Å²) in [5, 5.41) is 76.8. The molecule has 15 heteroatoms. The summed E-state index contributed by atoms with van der Waals surface area (Å²) in [6, 6.07) is 0. The van der Waals surface area contributed by atoms with E-state index in [9.17, 15) is 45.3 Å². The van der Waals surface area contributed by atoms with Crippen LogP contribution in [0.15, 0.2) is 11.6 Å². The highest BCUT2D eigenvalue weighted by atomic mass is 16.8. The van der Waals surface area contributed by atoms with Crippen LogP contribution in [0.3, 0.4) is 0 Å². The average molecular weight is 711 g/mol. The number of esters is 1. The summed E-state index contributed by atoms with van der Waals surface area (Å²) < 4.78 is 35.7. The van der Waals surface area contributed by atoms with Crippen LogP contribution in [0, 0.1) is 34.5 Å². The van der Waals surface area contributed by atoms with Crippen LogP contribution in [0.4, 0.5) is 0 Å². The molecule has 4 heterocycles. The number of carbonyl (C=O) groups is 2. The molecule has 0 amide bonds. The second-order valence-electron chi connectivity index (χ2n) is 16.5. The molecule has 0 bridgehead atoms. The lowest BCUT2D eigenvalue weighted by Crippen LogP contribution is -2.72. The summed E-state index contributed by atoms with van der Waals surface area (Å²) in [4.78, 5) is 25.4. The molecule has 280 valence electrons. The van der Waals surface area contributed by atoms with Gasteiger partial charge in [0.1, 0.15) is 43.4 Å². The number of aliphatic hydroxyl groups excluding tert-OH is 5.